The Hall–Kier alpha value is -2.74. The van der Waals surface area contributed by atoms with Gasteiger partial charge in [-0.3, -0.25) is 25.2 Å². The standard InChI is InChI=1S/C12H9ClN4O4/c13-8-5-10(16(18)19)12(11(6-8)17(20)21)15-7-9-3-1-2-4-14-9/h1-6,15H,7H2. The smallest absolute Gasteiger partial charge is 0.300 e. The first kappa shape index (κ1) is 14.7. The van der Waals surface area contributed by atoms with Crippen LogP contribution in [-0.2, 0) is 6.54 Å². The van der Waals surface area contributed by atoms with Crippen LogP contribution in [0.1, 0.15) is 5.69 Å². The number of pyridine rings is 1. The van der Waals surface area contributed by atoms with E-state index in [0.717, 1.165) is 12.1 Å². The van der Waals surface area contributed by atoms with Gasteiger partial charge in [0.15, 0.2) is 5.69 Å². The molecular formula is C12H9ClN4O4. The third-order valence-corrected chi connectivity index (χ3v) is 2.85. The number of nitrogens with one attached hydrogen (secondary N) is 1. The van der Waals surface area contributed by atoms with Crippen LogP contribution in [0.5, 0.6) is 0 Å². The van der Waals surface area contributed by atoms with Crippen molar-refractivity contribution in [2.45, 2.75) is 6.54 Å². The maximum absolute atomic E-state index is 11.0. The molecule has 0 bridgehead atoms. The summed E-state index contributed by atoms with van der Waals surface area (Å²) < 4.78 is 0. The van der Waals surface area contributed by atoms with Crippen LogP contribution in [0, 0.1) is 20.2 Å². The monoisotopic (exact) mass is 308 g/mol. The lowest BCUT2D eigenvalue weighted by molar-refractivity contribution is -0.392. The number of halogens is 1. The van der Waals surface area contributed by atoms with E-state index in [0.29, 0.717) is 5.69 Å². The van der Waals surface area contributed by atoms with Gasteiger partial charge in [0.05, 0.1) is 27.1 Å². The highest BCUT2D eigenvalue weighted by molar-refractivity contribution is 6.31. The molecule has 1 heterocycles. The Balaban J connectivity index is 2.40. The molecule has 9 heteroatoms. The molecular weight excluding hydrogens is 300 g/mol. The van der Waals surface area contributed by atoms with E-state index in [1.165, 1.54) is 0 Å². The Morgan fingerprint density at radius 3 is 2.24 bits per heavy atom. The van der Waals surface area contributed by atoms with E-state index in [1.807, 2.05) is 0 Å². The van der Waals surface area contributed by atoms with Gasteiger partial charge in [-0.1, -0.05) is 17.7 Å². The lowest BCUT2D eigenvalue weighted by Crippen LogP contribution is -2.06. The van der Waals surface area contributed by atoms with E-state index in [2.05, 4.69) is 10.3 Å². The highest BCUT2D eigenvalue weighted by Crippen LogP contribution is 2.37. The van der Waals surface area contributed by atoms with E-state index in [1.54, 1.807) is 24.4 Å². The first-order chi connectivity index (χ1) is 9.99. The molecule has 108 valence electrons. The summed E-state index contributed by atoms with van der Waals surface area (Å²) in [5.74, 6) is 0. The molecule has 0 aliphatic carbocycles. The fourth-order valence-corrected chi connectivity index (χ4v) is 1.94. The molecule has 0 saturated heterocycles. The fraction of sp³-hybridized carbons (Fsp3) is 0.0833. The van der Waals surface area contributed by atoms with Crippen LogP contribution in [-0.4, -0.2) is 14.8 Å². The summed E-state index contributed by atoms with van der Waals surface area (Å²) in [6.07, 6.45) is 1.56. The summed E-state index contributed by atoms with van der Waals surface area (Å²) in [6.45, 7) is 0.115. The molecule has 0 fully saturated rings. The van der Waals surface area contributed by atoms with Gasteiger partial charge < -0.3 is 5.32 Å². The molecule has 1 aromatic carbocycles. The van der Waals surface area contributed by atoms with Crippen molar-refractivity contribution in [2.24, 2.45) is 0 Å². The van der Waals surface area contributed by atoms with Gasteiger partial charge in [0.2, 0.25) is 0 Å². The van der Waals surface area contributed by atoms with Crippen molar-refractivity contribution < 1.29 is 9.85 Å². The zero-order valence-electron chi connectivity index (χ0n) is 10.5. The molecule has 21 heavy (non-hydrogen) atoms. The van der Waals surface area contributed by atoms with Crippen molar-refractivity contribution in [3.8, 4) is 0 Å². The fourth-order valence-electron chi connectivity index (χ4n) is 1.73. The van der Waals surface area contributed by atoms with Crippen molar-refractivity contribution in [3.05, 3.63) is 67.5 Å². The average molecular weight is 309 g/mol. The molecule has 0 amide bonds. The minimum Gasteiger partial charge on any atom is -0.368 e. The minimum absolute atomic E-state index is 0.0724. The van der Waals surface area contributed by atoms with Gasteiger partial charge in [-0.25, -0.2) is 0 Å². The molecule has 0 spiro atoms. The molecule has 2 rings (SSSR count). The van der Waals surface area contributed by atoms with Crippen molar-refractivity contribution >= 4 is 28.7 Å². The molecule has 0 saturated carbocycles. The van der Waals surface area contributed by atoms with Gasteiger partial charge in [0, 0.05) is 18.3 Å². The Morgan fingerprint density at radius 1 is 1.14 bits per heavy atom. The number of nitro groups is 2. The van der Waals surface area contributed by atoms with Crippen LogP contribution in [0.25, 0.3) is 0 Å². The second-order valence-electron chi connectivity index (χ2n) is 4.01. The molecule has 1 N–H and O–H groups in total. The third-order valence-electron chi connectivity index (χ3n) is 2.63. The number of hydrogen-bond donors (Lipinski definition) is 1. The average Bonchev–Trinajstić information content (AvgIpc) is 2.46. The van der Waals surface area contributed by atoms with E-state index in [9.17, 15) is 20.2 Å². The van der Waals surface area contributed by atoms with Crippen molar-refractivity contribution in [3.63, 3.8) is 0 Å². The van der Waals surface area contributed by atoms with Gasteiger partial charge >= 0.3 is 11.4 Å². The maximum atomic E-state index is 11.0. The Morgan fingerprint density at radius 2 is 1.76 bits per heavy atom. The first-order valence-electron chi connectivity index (χ1n) is 5.75. The topological polar surface area (TPSA) is 111 Å². The van der Waals surface area contributed by atoms with E-state index >= 15 is 0 Å². The van der Waals surface area contributed by atoms with Gasteiger partial charge in [-0.05, 0) is 12.1 Å². The van der Waals surface area contributed by atoms with E-state index in [4.69, 9.17) is 11.6 Å². The Bertz CT molecular complexity index is 658. The summed E-state index contributed by atoms with van der Waals surface area (Å²) in [5.41, 5.74) is -0.508. The highest BCUT2D eigenvalue weighted by atomic mass is 35.5. The van der Waals surface area contributed by atoms with Crippen LogP contribution < -0.4 is 5.32 Å². The summed E-state index contributed by atoms with van der Waals surface area (Å²) in [6, 6.07) is 7.29. The summed E-state index contributed by atoms with van der Waals surface area (Å²) in [7, 11) is 0. The maximum Gasteiger partial charge on any atom is 0.300 e. The lowest BCUT2D eigenvalue weighted by atomic mass is 10.2. The zero-order valence-corrected chi connectivity index (χ0v) is 11.3. The van der Waals surface area contributed by atoms with Crippen LogP contribution in [0.4, 0.5) is 17.1 Å². The lowest BCUT2D eigenvalue weighted by Gasteiger charge is -2.07. The predicted molar refractivity (Wildman–Crippen MR) is 76.3 cm³/mol. The van der Waals surface area contributed by atoms with Crippen LogP contribution in [0.2, 0.25) is 5.02 Å². The molecule has 0 unspecified atom stereocenters. The van der Waals surface area contributed by atoms with Crippen molar-refractivity contribution in [1.82, 2.24) is 4.98 Å². The van der Waals surface area contributed by atoms with Crippen LogP contribution in [0.15, 0.2) is 36.5 Å². The molecule has 0 aliphatic heterocycles. The SMILES string of the molecule is O=[N+]([O-])c1cc(Cl)cc([N+](=O)[O-])c1NCc1ccccn1. The summed E-state index contributed by atoms with van der Waals surface area (Å²) in [4.78, 5) is 24.6. The minimum atomic E-state index is -0.723. The zero-order chi connectivity index (χ0) is 15.4. The number of rotatable bonds is 5. The van der Waals surface area contributed by atoms with Crippen LogP contribution >= 0.6 is 11.6 Å². The summed E-state index contributed by atoms with van der Waals surface area (Å²) >= 11 is 5.68. The second kappa shape index (κ2) is 6.14. The Labute approximate surface area is 123 Å². The van der Waals surface area contributed by atoms with Gasteiger partial charge in [-0.2, -0.15) is 0 Å². The van der Waals surface area contributed by atoms with Crippen LogP contribution in [0.3, 0.4) is 0 Å². The highest BCUT2D eigenvalue weighted by Gasteiger charge is 2.26. The van der Waals surface area contributed by atoms with Gasteiger partial charge in [-0.15, -0.1) is 0 Å². The number of nitrogens with zero attached hydrogens (tertiary/aromatic N) is 3. The largest absolute Gasteiger partial charge is 0.368 e. The number of hydrogen-bond acceptors (Lipinski definition) is 6. The predicted octanol–water partition coefficient (Wildman–Crippen LogP) is 3.16. The molecule has 0 aliphatic rings. The normalized spacial score (nSPS) is 10.1. The van der Waals surface area contributed by atoms with Crippen molar-refractivity contribution in [2.75, 3.05) is 5.32 Å². The number of aromatic nitrogens is 1. The third kappa shape index (κ3) is 3.42. The van der Waals surface area contributed by atoms with E-state index in [-0.39, 0.29) is 17.3 Å². The van der Waals surface area contributed by atoms with Crippen molar-refractivity contribution in [1.29, 1.82) is 0 Å². The number of benzene rings is 1. The number of anilines is 1. The first-order valence-corrected chi connectivity index (χ1v) is 6.13. The van der Waals surface area contributed by atoms with Gasteiger partial charge in [0.25, 0.3) is 0 Å². The molecule has 0 radical (unpaired) electrons. The molecule has 2 aromatic rings. The van der Waals surface area contributed by atoms with E-state index < -0.39 is 21.2 Å². The molecule has 1 aromatic heterocycles. The summed E-state index contributed by atoms with van der Waals surface area (Å²) in [5, 5.41) is 24.7. The van der Waals surface area contributed by atoms with Gasteiger partial charge in [0.1, 0.15) is 0 Å². The Kier molecular flexibility index (Phi) is 4.29. The number of nitro benzene ring substituents is 2. The quantitative estimate of drug-likeness (QED) is 0.670. The molecule has 0 atom stereocenters. The second-order valence-corrected chi connectivity index (χ2v) is 4.44. The molecule has 8 nitrogen and oxygen atoms in total.